The highest BCUT2D eigenvalue weighted by Crippen LogP contribution is 2.34. The second-order valence-electron chi connectivity index (χ2n) is 5.98. The van der Waals surface area contributed by atoms with Crippen molar-refractivity contribution in [3.8, 4) is 16.4 Å². The summed E-state index contributed by atoms with van der Waals surface area (Å²) in [4.78, 5) is 15.8. The minimum Gasteiger partial charge on any atom is -0.497 e. The monoisotopic (exact) mass is 354 g/mol. The Bertz CT molecular complexity index is 855. The van der Waals surface area contributed by atoms with E-state index in [1.165, 1.54) is 0 Å². The highest BCUT2D eigenvalue weighted by Gasteiger charge is 2.32. The number of benzene rings is 1. The predicted octanol–water partition coefficient (Wildman–Crippen LogP) is 4.39. The van der Waals surface area contributed by atoms with E-state index in [1.807, 2.05) is 46.7 Å². The van der Waals surface area contributed by atoms with Crippen LogP contribution in [0.3, 0.4) is 0 Å². The topological polar surface area (TPSA) is 55.6 Å². The van der Waals surface area contributed by atoms with Crippen molar-refractivity contribution in [1.82, 2.24) is 10.1 Å². The quantitative estimate of drug-likeness (QED) is 0.697. The van der Waals surface area contributed by atoms with E-state index in [0.29, 0.717) is 11.5 Å². The van der Waals surface area contributed by atoms with Crippen molar-refractivity contribution in [1.29, 1.82) is 0 Å². The first-order valence-corrected chi connectivity index (χ1v) is 9.10. The predicted molar refractivity (Wildman–Crippen MR) is 95.8 cm³/mol. The number of aromatic nitrogens is 1. The number of nitrogens with zero attached hydrogens (tertiary/aromatic N) is 2. The Balaban J connectivity index is 1.56. The van der Waals surface area contributed by atoms with Crippen LogP contribution in [0.4, 0.5) is 0 Å². The van der Waals surface area contributed by atoms with E-state index < -0.39 is 0 Å². The molecule has 0 bridgehead atoms. The molecule has 25 heavy (non-hydrogen) atoms. The van der Waals surface area contributed by atoms with Gasteiger partial charge in [0.05, 0.1) is 18.0 Å². The van der Waals surface area contributed by atoms with Crippen molar-refractivity contribution in [3.05, 3.63) is 59.1 Å². The van der Waals surface area contributed by atoms with Crippen molar-refractivity contribution < 1.29 is 14.1 Å². The zero-order chi connectivity index (χ0) is 17.2. The first-order valence-electron chi connectivity index (χ1n) is 8.22. The number of thiophene rings is 1. The van der Waals surface area contributed by atoms with Gasteiger partial charge in [-0.15, -0.1) is 11.3 Å². The molecule has 0 N–H and O–H groups in total. The van der Waals surface area contributed by atoms with Gasteiger partial charge >= 0.3 is 0 Å². The molecule has 1 aliphatic heterocycles. The van der Waals surface area contributed by atoms with Crippen LogP contribution >= 0.6 is 11.3 Å². The highest BCUT2D eigenvalue weighted by atomic mass is 32.1. The molecule has 0 aliphatic carbocycles. The molecule has 1 fully saturated rings. The van der Waals surface area contributed by atoms with Gasteiger partial charge in [-0.05, 0) is 42.0 Å². The van der Waals surface area contributed by atoms with Crippen LogP contribution in [-0.4, -0.2) is 29.6 Å². The molecule has 1 aromatic carbocycles. The number of hydrogen-bond donors (Lipinski definition) is 0. The molecule has 1 aliphatic rings. The first kappa shape index (κ1) is 15.9. The van der Waals surface area contributed by atoms with Gasteiger partial charge in [0, 0.05) is 12.6 Å². The van der Waals surface area contributed by atoms with Gasteiger partial charge in [-0.2, -0.15) is 0 Å². The van der Waals surface area contributed by atoms with Crippen molar-refractivity contribution in [2.75, 3.05) is 13.7 Å². The fourth-order valence-corrected chi connectivity index (χ4v) is 3.91. The lowest BCUT2D eigenvalue weighted by molar-refractivity contribution is 0.0725. The summed E-state index contributed by atoms with van der Waals surface area (Å²) in [5.74, 6) is 1.38. The summed E-state index contributed by atoms with van der Waals surface area (Å²) in [5.41, 5.74) is 1.48. The highest BCUT2D eigenvalue weighted by molar-refractivity contribution is 7.13. The third-order valence-electron chi connectivity index (χ3n) is 4.51. The fraction of sp³-hybridized carbons (Fsp3) is 0.263. The van der Waals surface area contributed by atoms with Gasteiger partial charge in [-0.25, -0.2) is 0 Å². The van der Waals surface area contributed by atoms with E-state index in [9.17, 15) is 4.79 Å². The van der Waals surface area contributed by atoms with E-state index in [0.717, 1.165) is 35.6 Å². The number of methoxy groups -OCH3 is 1. The summed E-state index contributed by atoms with van der Waals surface area (Å²) in [6.45, 7) is 0.733. The Morgan fingerprint density at radius 1 is 1.32 bits per heavy atom. The van der Waals surface area contributed by atoms with Crippen LogP contribution in [0.2, 0.25) is 0 Å². The number of rotatable bonds is 4. The second-order valence-corrected chi connectivity index (χ2v) is 6.93. The van der Waals surface area contributed by atoms with E-state index in [2.05, 4.69) is 5.16 Å². The van der Waals surface area contributed by atoms with Gasteiger partial charge in [0.25, 0.3) is 5.91 Å². The fourth-order valence-electron chi connectivity index (χ4n) is 3.24. The normalized spacial score (nSPS) is 17.0. The van der Waals surface area contributed by atoms with Crippen LogP contribution in [-0.2, 0) is 0 Å². The summed E-state index contributed by atoms with van der Waals surface area (Å²) >= 11 is 1.56. The lowest BCUT2D eigenvalue weighted by atomic mass is 10.0. The molecule has 6 heteroatoms. The summed E-state index contributed by atoms with van der Waals surface area (Å²) in [5, 5.41) is 5.96. The lowest BCUT2D eigenvalue weighted by Crippen LogP contribution is -2.30. The number of ether oxygens (including phenoxy) is 1. The van der Waals surface area contributed by atoms with Crippen molar-refractivity contribution >= 4 is 17.2 Å². The zero-order valence-corrected chi connectivity index (χ0v) is 14.7. The third kappa shape index (κ3) is 3.05. The molecule has 4 rings (SSSR count). The number of amides is 1. The van der Waals surface area contributed by atoms with Crippen LogP contribution in [0.5, 0.6) is 5.75 Å². The van der Waals surface area contributed by atoms with E-state index in [1.54, 1.807) is 24.5 Å². The molecule has 1 saturated heterocycles. The van der Waals surface area contributed by atoms with Gasteiger partial charge in [0.15, 0.2) is 11.5 Å². The summed E-state index contributed by atoms with van der Waals surface area (Å²) in [6, 6.07) is 13.6. The van der Waals surface area contributed by atoms with Gasteiger partial charge in [-0.3, -0.25) is 4.79 Å². The maximum absolute atomic E-state index is 12.9. The average molecular weight is 354 g/mol. The Kier molecular flexibility index (Phi) is 4.28. The Morgan fingerprint density at radius 2 is 2.16 bits per heavy atom. The maximum Gasteiger partial charge on any atom is 0.276 e. The third-order valence-corrected chi connectivity index (χ3v) is 5.39. The molecular formula is C19H18N2O3S. The molecule has 1 atom stereocenters. The minimum atomic E-state index is -0.0788. The Morgan fingerprint density at radius 3 is 2.88 bits per heavy atom. The molecule has 5 nitrogen and oxygen atoms in total. The summed E-state index contributed by atoms with van der Waals surface area (Å²) < 4.78 is 10.6. The Labute approximate surface area is 149 Å². The molecule has 1 unspecified atom stereocenters. The maximum atomic E-state index is 12.9. The Hall–Kier alpha value is -2.60. The largest absolute Gasteiger partial charge is 0.497 e. The average Bonchev–Trinajstić information content (AvgIpc) is 3.42. The molecule has 3 heterocycles. The number of carbonyl (C=O) groups excluding carboxylic acids is 1. The van der Waals surface area contributed by atoms with E-state index >= 15 is 0 Å². The SMILES string of the molecule is COc1ccc(C2CCCN2C(=O)c2cc(-c3cccs3)on2)cc1. The first-order chi connectivity index (χ1) is 12.3. The van der Waals surface area contributed by atoms with Crippen LogP contribution in [0.1, 0.15) is 34.9 Å². The van der Waals surface area contributed by atoms with Crippen molar-refractivity contribution in [2.45, 2.75) is 18.9 Å². The molecule has 128 valence electrons. The van der Waals surface area contributed by atoms with Crippen molar-refractivity contribution in [3.63, 3.8) is 0 Å². The van der Waals surface area contributed by atoms with Crippen LogP contribution in [0, 0.1) is 0 Å². The zero-order valence-electron chi connectivity index (χ0n) is 13.8. The molecule has 0 saturated carbocycles. The van der Waals surface area contributed by atoms with Gasteiger partial charge in [0.1, 0.15) is 5.75 Å². The minimum absolute atomic E-state index is 0.0697. The standard InChI is InChI=1S/C19H18N2O3S/c1-23-14-8-6-13(7-9-14)16-4-2-10-21(16)19(22)15-12-17(24-20-15)18-5-3-11-25-18/h3,5-9,11-12,16H,2,4,10H2,1H3. The molecule has 0 spiro atoms. The van der Waals surface area contributed by atoms with Crippen LogP contribution < -0.4 is 4.74 Å². The van der Waals surface area contributed by atoms with E-state index in [-0.39, 0.29) is 11.9 Å². The lowest BCUT2D eigenvalue weighted by Gasteiger charge is -2.24. The molecule has 1 amide bonds. The second kappa shape index (κ2) is 6.72. The van der Waals surface area contributed by atoms with Crippen LogP contribution in [0.25, 0.3) is 10.6 Å². The molecular weight excluding hydrogens is 336 g/mol. The number of hydrogen-bond acceptors (Lipinski definition) is 5. The number of carbonyl (C=O) groups is 1. The molecule has 3 aromatic rings. The summed E-state index contributed by atoms with van der Waals surface area (Å²) in [7, 11) is 1.65. The van der Waals surface area contributed by atoms with E-state index in [4.69, 9.17) is 9.26 Å². The van der Waals surface area contributed by atoms with Gasteiger partial charge < -0.3 is 14.2 Å². The summed E-state index contributed by atoms with van der Waals surface area (Å²) in [6.07, 6.45) is 1.94. The van der Waals surface area contributed by atoms with Gasteiger partial charge in [-0.1, -0.05) is 23.4 Å². The molecule has 2 aromatic heterocycles. The molecule has 0 radical (unpaired) electrons. The van der Waals surface area contributed by atoms with Gasteiger partial charge in [0.2, 0.25) is 0 Å². The van der Waals surface area contributed by atoms with Crippen molar-refractivity contribution in [2.24, 2.45) is 0 Å². The smallest absolute Gasteiger partial charge is 0.276 e. The number of likely N-dealkylation sites (tertiary alicyclic amines) is 1. The van der Waals surface area contributed by atoms with Crippen LogP contribution in [0.15, 0.2) is 52.4 Å².